The van der Waals surface area contributed by atoms with Crippen molar-refractivity contribution in [3.05, 3.63) is 24.0 Å². The Labute approximate surface area is 101 Å². The number of hydrogen-bond donors (Lipinski definition) is 3. The molecule has 0 aromatic carbocycles. The monoisotopic (exact) mass is 234 g/mol. The van der Waals surface area contributed by atoms with Crippen LogP contribution in [-0.4, -0.2) is 17.4 Å². The summed E-state index contributed by atoms with van der Waals surface area (Å²) in [5.74, 6) is 5.79. The van der Waals surface area contributed by atoms with E-state index in [1.54, 1.807) is 12.3 Å². The number of hydrogen-bond acceptors (Lipinski definition) is 4. The van der Waals surface area contributed by atoms with Crippen molar-refractivity contribution in [2.75, 3.05) is 12.0 Å². The number of pyridine rings is 1. The van der Waals surface area contributed by atoms with E-state index in [1.807, 2.05) is 0 Å². The van der Waals surface area contributed by atoms with Crippen LogP contribution in [0, 0.1) is 11.3 Å². The number of rotatable bonds is 4. The molecule has 5 nitrogen and oxygen atoms in total. The molecule has 5 heteroatoms. The fourth-order valence-corrected chi connectivity index (χ4v) is 1.94. The highest BCUT2D eigenvalue weighted by atomic mass is 16.1. The van der Waals surface area contributed by atoms with Gasteiger partial charge in [0.1, 0.15) is 0 Å². The molecule has 0 bridgehead atoms. The number of hydrazine groups is 1. The molecule has 0 spiro atoms. The number of nitrogens with two attached hydrogens (primary N) is 1. The van der Waals surface area contributed by atoms with Crippen LogP contribution in [0.25, 0.3) is 0 Å². The van der Waals surface area contributed by atoms with Gasteiger partial charge < -0.3 is 10.7 Å². The highest BCUT2D eigenvalue weighted by molar-refractivity contribution is 5.99. The summed E-state index contributed by atoms with van der Waals surface area (Å²) in [5, 5.41) is 2.92. The molecular formula is C12H18N4O. The molecule has 2 rings (SSSR count). The molecule has 1 heterocycles. The fourth-order valence-electron chi connectivity index (χ4n) is 1.94. The van der Waals surface area contributed by atoms with Gasteiger partial charge in [-0.05, 0) is 23.8 Å². The van der Waals surface area contributed by atoms with E-state index in [9.17, 15) is 4.79 Å². The highest BCUT2D eigenvalue weighted by Gasteiger charge is 2.45. The molecule has 1 fully saturated rings. The Hall–Kier alpha value is -1.62. The van der Waals surface area contributed by atoms with Crippen molar-refractivity contribution in [1.82, 2.24) is 10.3 Å². The van der Waals surface area contributed by atoms with Crippen molar-refractivity contribution < 1.29 is 4.79 Å². The molecule has 92 valence electrons. The van der Waals surface area contributed by atoms with Gasteiger partial charge in [0, 0.05) is 18.9 Å². The van der Waals surface area contributed by atoms with Crippen LogP contribution < -0.4 is 16.6 Å². The maximum absolute atomic E-state index is 11.9. The molecule has 1 unspecified atom stereocenters. The smallest absolute Gasteiger partial charge is 0.255 e. The second-order valence-electron chi connectivity index (χ2n) is 5.17. The lowest BCUT2D eigenvalue weighted by molar-refractivity contribution is 0.0951. The summed E-state index contributed by atoms with van der Waals surface area (Å²) < 4.78 is 0. The molecule has 0 saturated heterocycles. The number of nitrogen functional groups attached to an aromatic ring is 1. The minimum Gasteiger partial charge on any atom is -0.352 e. The van der Waals surface area contributed by atoms with E-state index in [0.717, 1.165) is 0 Å². The molecule has 4 N–H and O–H groups in total. The molecule has 1 saturated carbocycles. The number of carbonyl (C=O) groups excluding carboxylic acids is 1. The lowest BCUT2D eigenvalue weighted by Crippen LogP contribution is -2.28. The van der Waals surface area contributed by atoms with Crippen LogP contribution >= 0.6 is 0 Å². The molecule has 1 amide bonds. The summed E-state index contributed by atoms with van der Waals surface area (Å²) in [5.41, 5.74) is 3.94. The SMILES string of the molecule is CC1(C)CC1CNC(=O)c1cnccc1NN. The Morgan fingerprint density at radius 1 is 1.65 bits per heavy atom. The van der Waals surface area contributed by atoms with Gasteiger partial charge >= 0.3 is 0 Å². The minimum atomic E-state index is -0.131. The predicted octanol–water partition coefficient (Wildman–Crippen LogP) is 1.14. The van der Waals surface area contributed by atoms with E-state index in [4.69, 9.17) is 5.84 Å². The van der Waals surface area contributed by atoms with Gasteiger partial charge in [-0.25, -0.2) is 0 Å². The summed E-state index contributed by atoms with van der Waals surface area (Å²) in [6, 6.07) is 1.68. The Morgan fingerprint density at radius 3 is 2.94 bits per heavy atom. The average molecular weight is 234 g/mol. The van der Waals surface area contributed by atoms with Gasteiger partial charge in [-0.2, -0.15) is 0 Å². The lowest BCUT2D eigenvalue weighted by atomic mass is 10.1. The number of amides is 1. The van der Waals surface area contributed by atoms with Crippen LogP contribution in [-0.2, 0) is 0 Å². The molecular weight excluding hydrogens is 216 g/mol. The zero-order valence-electron chi connectivity index (χ0n) is 10.2. The number of aromatic nitrogens is 1. The quantitative estimate of drug-likeness (QED) is 0.539. The van der Waals surface area contributed by atoms with Gasteiger partial charge in [0.2, 0.25) is 0 Å². The maximum atomic E-state index is 11.9. The van der Waals surface area contributed by atoms with E-state index in [-0.39, 0.29) is 5.91 Å². The van der Waals surface area contributed by atoms with Crippen molar-refractivity contribution in [1.29, 1.82) is 0 Å². The van der Waals surface area contributed by atoms with Gasteiger partial charge in [-0.15, -0.1) is 0 Å². The van der Waals surface area contributed by atoms with Crippen molar-refractivity contribution in [2.24, 2.45) is 17.2 Å². The molecule has 1 atom stereocenters. The van der Waals surface area contributed by atoms with E-state index in [0.29, 0.717) is 29.1 Å². The molecule has 1 aliphatic rings. The first-order chi connectivity index (χ1) is 8.04. The average Bonchev–Trinajstić information content (AvgIpc) is 2.94. The summed E-state index contributed by atoms with van der Waals surface area (Å²) in [7, 11) is 0. The molecule has 1 aromatic heterocycles. The van der Waals surface area contributed by atoms with Gasteiger partial charge in [-0.3, -0.25) is 15.6 Å². The first-order valence-electron chi connectivity index (χ1n) is 5.73. The third-order valence-electron chi connectivity index (χ3n) is 3.45. The Morgan fingerprint density at radius 2 is 2.35 bits per heavy atom. The van der Waals surface area contributed by atoms with E-state index in [1.165, 1.54) is 12.6 Å². The van der Waals surface area contributed by atoms with Crippen LogP contribution in [0.15, 0.2) is 18.5 Å². The molecule has 17 heavy (non-hydrogen) atoms. The highest BCUT2D eigenvalue weighted by Crippen LogP contribution is 2.50. The van der Waals surface area contributed by atoms with Crippen LogP contribution in [0.5, 0.6) is 0 Å². The van der Waals surface area contributed by atoms with Crippen LogP contribution in [0.2, 0.25) is 0 Å². The van der Waals surface area contributed by atoms with Gasteiger partial charge in [-0.1, -0.05) is 13.8 Å². The van der Waals surface area contributed by atoms with Gasteiger partial charge in [0.15, 0.2) is 0 Å². The Kier molecular flexibility index (Phi) is 3.02. The second kappa shape index (κ2) is 4.33. The fraction of sp³-hybridized carbons (Fsp3) is 0.500. The van der Waals surface area contributed by atoms with Crippen LogP contribution in [0.3, 0.4) is 0 Å². The summed E-state index contributed by atoms with van der Waals surface area (Å²) in [6.07, 6.45) is 4.28. The van der Waals surface area contributed by atoms with Crippen molar-refractivity contribution >= 4 is 11.6 Å². The molecule has 1 aliphatic carbocycles. The second-order valence-corrected chi connectivity index (χ2v) is 5.17. The minimum absolute atomic E-state index is 0.131. The van der Waals surface area contributed by atoms with Crippen molar-refractivity contribution in [3.63, 3.8) is 0 Å². The summed E-state index contributed by atoms with van der Waals surface area (Å²) in [6.45, 7) is 5.13. The van der Waals surface area contributed by atoms with E-state index < -0.39 is 0 Å². The largest absolute Gasteiger partial charge is 0.352 e. The standard InChI is InChI=1S/C12H18N4O/c1-12(2)5-8(12)6-15-11(17)9-7-14-4-3-10(9)16-13/h3-4,7-8H,5-6,13H2,1-2H3,(H,14,16)(H,15,17). The number of anilines is 1. The third kappa shape index (κ3) is 2.55. The lowest BCUT2D eigenvalue weighted by Gasteiger charge is -2.09. The Bertz CT molecular complexity index is 430. The maximum Gasteiger partial charge on any atom is 0.255 e. The predicted molar refractivity (Wildman–Crippen MR) is 66.3 cm³/mol. The molecule has 1 aromatic rings. The molecule has 0 aliphatic heterocycles. The van der Waals surface area contributed by atoms with Gasteiger partial charge in [0.25, 0.3) is 5.91 Å². The topological polar surface area (TPSA) is 80.0 Å². The zero-order valence-corrected chi connectivity index (χ0v) is 10.2. The number of carbonyl (C=O) groups is 1. The van der Waals surface area contributed by atoms with Crippen molar-refractivity contribution in [3.8, 4) is 0 Å². The number of nitrogens with one attached hydrogen (secondary N) is 2. The Balaban J connectivity index is 1.95. The first kappa shape index (κ1) is 11.9. The van der Waals surface area contributed by atoms with Crippen molar-refractivity contribution in [2.45, 2.75) is 20.3 Å². The van der Waals surface area contributed by atoms with E-state index >= 15 is 0 Å². The number of nitrogens with zero attached hydrogens (tertiary/aromatic N) is 1. The van der Waals surface area contributed by atoms with Crippen LogP contribution in [0.1, 0.15) is 30.6 Å². The molecule has 0 radical (unpaired) electrons. The third-order valence-corrected chi connectivity index (χ3v) is 3.45. The first-order valence-corrected chi connectivity index (χ1v) is 5.73. The van der Waals surface area contributed by atoms with Gasteiger partial charge in [0.05, 0.1) is 11.3 Å². The zero-order chi connectivity index (χ0) is 12.5. The summed E-state index contributed by atoms with van der Waals surface area (Å²) in [4.78, 5) is 15.9. The summed E-state index contributed by atoms with van der Waals surface area (Å²) >= 11 is 0. The van der Waals surface area contributed by atoms with Crippen LogP contribution in [0.4, 0.5) is 5.69 Å². The normalized spacial score (nSPS) is 20.8. The van der Waals surface area contributed by atoms with E-state index in [2.05, 4.69) is 29.6 Å².